The van der Waals surface area contributed by atoms with Crippen molar-refractivity contribution in [1.82, 2.24) is 5.32 Å². The van der Waals surface area contributed by atoms with E-state index in [9.17, 15) is 14.0 Å². The molecule has 1 N–H and O–H groups in total. The van der Waals surface area contributed by atoms with Crippen molar-refractivity contribution < 1.29 is 23.5 Å². The van der Waals surface area contributed by atoms with Gasteiger partial charge in [0.15, 0.2) is 6.61 Å². The predicted molar refractivity (Wildman–Crippen MR) is 93.5 cm³/mol. The molecular formula is C20H20FNO4. The Bertz CT molecular complexity index is 821. The maximum absolute atomic E-state index is 13.9. The van der Waals surface area contributed by atoms with Crippen molar-refractivity contribution in [2.45, 2.75) is 25.3 Å². The quantitative estimate of drug-likeness (QED) is 0.835. The van der Waals surface area contributed by atoms with Gasteiger partial charge < -0.3 is 14.8 Å². The number of hydrogen-bond donors (Lipinski definition) is 1. The number of fused-ring (bicyclic) bond motifs is 1. The highest BCUT2D eigenvalue weighted by Crippen LogP contribution is 2.29. The van der Waals surface area contributed by atoms with Crippen LogP contribution < -0.4 is 10.1 Å². The summed E-state index contributed by atoms with van der Waals surface area (Å²) in [7, 11) is 1.40. The van der Waals surface area contributed by atoms with Gasteiger partial charge in [0.1, 0.15) is 11.6 Å². The first-order valence-corrected chi connectivity index (χ1v) is 8.46. The molecule has 1 aliphatic carbocycles. The first-order chi connectivity index (χ1) is 12.6. The Balaban J connectivity index is 1.57. The van der Waals surface area contributed by atoms with Gasteiger partial charge in [-0.25, -0.2) is 9.18 Å². The molecule has 1 amide bonds. The smallest absolute Gasteiger partial charge is 0.341 e. The number of methoxy groups -OCH3 is 1. The number of halogens is 1. The minimum absolute atomic E-state index is 0.0936. The molecule has 1 aliphatic rings. The monoisotopic (exact) mass is 357 g/mol. The fourth-order valence-corrected chi connectivity index (χ4v) is 3.14. The first kappa shape index (κ1) is 17.9. The molecule has 3 rings (SSSR count). The summed E-state index contributed by atoms with van der Waals surface area (Å²) in [4.78, 5) is 24.1. The third kappa shape index (κ3) is 4.02. The third-order valence-electron chi connectivity index (χ3n) is 4.44. The van der Waals surface area contributed by atoms with Crippen molar-refractivity contribution >= 4 is 11.9 Å². The van der Waals surface area contributed by atoms with E-state index in [0.717, 1.165) is 30.9 Å². The highest BCUT2D eigenvalue weighted by atomic mass is 19.1. The predicted octanol–water partition coefficient (Wildman–Crippen LogP) is 3.18. The summed E-state index contributed by atoms with van der Waals surface area (Å²) < 4.78 is 23.7. The molecule has 0 unspecified atom stereocenters. The van der Waals surface area contributed by atoms with Crippen LogP contribution >= 0.6 is 0 Å². The maximum atomic E-state index is 13.9. The van der Waals surface area contributed by atoms with Gasteiger partial charge in [0, 0.05) is 6.07 Å². The lowest BCUT2D eigenvalue weighted by Gasteiger charge is -2.26. The van der Waals surface area contributed by atoms with Crippen LogP contribution in [0, 0.1) is 5.82 Å². The number of esters is 1. The zero-order chi connectivity index (χ0) is 18.5. The van der Waals surface area contributed by atoms with Crippen LogP contribution in [0.25, 0.3) is 0 Å². The second-order valence-electron chi connectivity index (χ2n) is 6.13. The molecule has 26 heavy (non-hydrogen) atoms. The van der Waals surface area contributed by atoms with Crippen LogP contribution in [0.5, 0.6) is 5.75 Å². The summed E-state index contributed by atoms with van der Waals surface area (Å²) in [6.45, 7) is -0.455. The van der Waals surface area contributed by atoms with Gasteiger partial charge >= 0.3 is 5.97 Å². The van der Waals surface area contributed by atoms with Gasteiger partial charge in [-0.1, -0.05) is 24.3 Å². The van der Waals surface area contributed by atoms with E-state index in [0.29, 0.717) is 5.75 Å². The van der Waals surface area contributed by atoms with Gasteiger partial charge in [-0.3, -0.25) is 4.79 Å². The van der Waals surface area contributed by atoms with Gasteiger partial charge in [0.25, 0.3) is 5.91 Å². The highest BCUT2D eigenvalue weighted by molar-refractivity contribution is 5.91. The minimum Gasteiger partial charge on any atom is -0.497 e. The van der Waals surface area contributed by atoms with Crippen LogP contribution in [0.2, 0.25) is 0 Å². The van der Waals surface area contributed by atoms with Crippen LogP contribution in [-0.4, -0.2) is 25.6 Å². The standard InChI is InChI=1S/C20H20FNO4/c1-25-14-9-10-16(17(21)11-14)20(24)26-12-19(23)22-18-8-4-6-13-5-2-3-7-15(13)18/h2-3,5,7,9-11,18H,4,6,8,12H2,1H3,(H,22,23)/t18-/m1/s1. The summed E-state index contributed by atoms with van der Waals surface area (Å²) >= 11 is 0. The third-order valence-corrected chi connectivity index (χ3v) is 4.44. The van der Waals surface area contributed by atoms with E-state index in [4.69, 9.17) is 9.47 Å². The largest absolute Gasteiger partial charge is 0.497 e. The SMILES string of the molecule is COc1ccc(C(=O)OCC(=O)N[C@@H]2CCCc3ccccc32)c(F)c1. The van der Waals surface area contributed by atoms with Crippen molar-refractivity contribution in [2.24, 2.45) is 0 Å². The Morgan fingerprint density at radius 2 is 2.04 bits per heavy atom. The fourth-order valence-electron chi connectivity index (χ4n) is 3.14. The number of nitrogens with one attached hydrogen (secondary N) is 1. The van der Waals surface area contributed by atoms with Crippen molar-refractivity contribution in [3.8, 4) is 5.75 Å². The molecule has 0 bridgehead atoms. The Morgan fingerprint density at radius 3 is 2.81 bits per heavy atom. The van der Waals surface area contributed by atoms with Gasteiger partial charge in [0.2, 0.25) is 0 Å². The van der Waals surface area contributed by atoms with Crippen LogP contribution in [0.15, 0.2) is 42.5 Å². The van der Waals surface area contributed by atoms with E-state index in [1.165, 1.54) is 24.8 Å². The summed E-state index contributed by atoms with van der Waals surface area (Å²) in [5.41, 5.74) is 2.09. The van der Waals surface area contributed by atoms with Crippen LogP contribution in [0.1, 0.15) is 40.4 Å². The maximum Gasteiger partial charge on any atom is 0.341 e. The molecule has 0 fully saturated rings. The van der Waals surface area contributed by atoms with Gasteiger partial charge in [-0.05, 0) is 42.5 Å². The van der Waals surface area contributed by atoms with Gasteiger partial charge in [0.05, 0.1) is 18.7 Å². The van der Waals surface area contributed by atoms with E-state index < -0.39 is 24.3 Å². The van der Waals surface area contributed by atoms with Crippen molar-refractivity contribution in [3.05, 3.63) is 65.0 Å². The van der Waals surface area contributed by atoms with E-state index in [-0.39, 0.29) is 11.6 Å². The van der Waals surface area contributed by atoms with Crippen molar-refractivity contribution in [1.29, 1.82) is 0 Å². The zero-order valence-electron chi connectivity index (χ0n) is 14.5. The second-order valence-corrected chi connectivity index (χ2v) is 6.13. The van der Waals surface area contributed by atoms with Crippen molar-refractivity contribution in [2.75, 3.05) is 13.7 Å². The molecule has 0 radical (unpaired) electrons. The number of hydrogen-bond acceptors (Lipinski definition) is 4. The Labute approximate surface area is 151 Å². The second kappa shape index (κ2) is 7.99. The summed E-state index contributed by atoms with van der Waals surface area (Å²) in [5.74, 6) is -1.75. The van der Waals surface area contributed by atoms with E-state index >= 15 is 0 Å². The molecular weight excluding hydrogens is 337 g/mol. The average molecular weight is 357 g/mol. The topological polar surface area (TPSA) is 64.6 Å². The zero-order valence-corrected chi connectivity index (χ0v) is 14.5. The highest BCUT2D eigenvalue weighted by Gasteiger charge is 2.22. The Hall–Kier alpha value is -2.89. The Kier molecular flexibility index (Phi) is 5.51. The normalized spacial score (nSPS) is 15.7. The molecule has 0 spiro atoms. The van der Waals surface area contributed by atoms with Crippen LogP contribution in [0.4, 0.5) is 4.39 Å². The number of ether oxygens (including phenoxy) is 2. The van der Waals surface area contributed by atoms with E-state index in [2.05, 4.69) is 11.4 Å². The van der Waals surface area contributed by atoms with E-state index in [1.54, 1.807) is 0 Å². The molecule has 0 saturated carbocycles. The van der Waals surface area contributed by atoms with Crippen LogP contribution in [-0.2, 0) is 16.0 Å². The molecule has 136 valence electrons. The lowest BCUT2D eigenvalue weighted by atomic mass is 9.88. The van der Waals surface area contributed by atoms with Gasteiger partial charge in [-0.15, -0.1) is 0 Å². The number of amides is 1. The molecule has 5 nitrogen and oxygen atoms in total. The molecule has 6 heteroatoms. The lowest BCUT2D eigenvalue weighted by Crippen LogP contribution is -2.34. The summed E-state index contributed by atoms with van der Waals surface area (Å²) in [6, 6.07) is 11.7. The average Bonchev–Trinajstić information content (AvgIpc) is 2.66. The van der Waals surface area contributed by atoms with Crippen LogP contribution in [0.3, 0.4) is 0 Å². The number of aryl methyl sites for hydroxylation is 1. The molecule has 2 aromatic rings. The van der Waals surface area contributed by atoms with Crippen molar-refractivity contribution in [3.63, 3.8) is 0 Å². The lowest BCUT2D eigenvalue weighted by molar-refractivity contribution is -0.125. The summed E-state index contributed by atoms with van der Waals surface area (Å²) in [5, 5.41) is 2.88. The number of carbonyl (C=O) groups excluding carboxylic acids is 2. The van der Waals surface area contributed by atoms with Gasteiger partial charge in [-0.2, -0.15) is 0 Å². The number of carbonyl (C=O) groups is 2. The molecule has 2 aromatic carbocycles. The molecule has 0 saturated heterocycles. The summed E-state index contributed by atoms with van der Waals surface area (Å²) in [6.07, 6.45) is 2.82. The minimum atomic E-state index is -0.885. The molecule has 0 aromatic heterocycles. The Morgan fingerprint density at radius 1 is 1.23 bits per heavy atom. The molecule has 1 atom stereocenters. The van der Waals surface area contributed by atoms with E-state index in [1.807, 2.05) is 18.2 Å². The first-order valence-electron chi connectivity index (χ1n) is 8.46. The fraction of sp³-hybridized carbons (Fsp3) is 0.300. The molecule has 0 aliphatic heterocycles. The number of rotatable bonds is 5. The molecule has 0 heterocycles. The number of benzene rings is 2.